The predicted octanol–water partition coefficient (Wildman–Crippen LogP) is 2.69. The van der Waals surface area contributed by atoms with Crippen molar-refractivity contribution in [3.8, 4) is 22.5 Å². The highest BCUT2D eigenvalue weighted by molar-refractivity contribution is 5.73. The molecule has 0 aliphatic rings. The van der Waals surface area contributed by atoms with Gasteiger partial charge >= 0.3 is 23.9 Å². The summed E-state index contributed by atoms with van der Waals surface area (Å²) >= 11 is 0. The molecule has 0 aliphatic carbocycles. The van der Waals surface area contributed by atoms with E-state index in [1.165, 1.54) is 9.80 Å². The lowest BCUT2D eigenvalue weighted by Gasteiger charge is -2.18. The van der Waals surface area contributed by atoms with Crippen LogP contribution in [0, 0.1) is 13.8 Å². The molecule has 4 N–H and O–H groups in total. The summed E-state index contributed by atoms with van der Waals surface area (Å²) in [5.41, 5.74) is 6.31. The standard InChI is InChI=1S/C34H40N6O9/c1-23-27(33(25-9-5-3-6-10-25)35-39(23)15-13-37(17-29(41)42)18-30(43)44)21-49-22-28-24(2)40(36-34(28)26-11-7-4-8-12-26)16-14-38(19-31(45)46)20-32(47)48/h3-12H,13-22H2,1-2H3,(H,41,42)(H,43,44)(H,45,46)(H,47,48). The molecule has 0 amide bonds. The second kappa shape index (κ2) is 17.1. The summed E-state index contributed by atoms with van der Waals surface area (Å²) in [5.74, 6) is -4.49. The normalized spacial score (nSPS) is 11.3. The lowest BCUT2D eigenvalue weighted by molar-refractivity contribution is -0.143. The Morgan fingerprint density at radius 1 is 0.592 bits per heavy atom. The molecule has 4 rings (SSSR count). The van der Waals surface area contributed by atoms with Crippen LogP contribution in [-0.4, -0.2) is 113 Å². The van der Waals surface area contributed by atoms with E-state index in [9.17, 15) is 39.6 Å². The largest absolute Gasteiger partial charge is 0.480 e. The monoisotopic (exact) mass is 676 g/mol. The molecule has 0 fully saturated rings. The number of rotatable bonds is 20. The van der Waals surface area contributed by atoms with Crippen LogP contribution < -0.4 is 0 Å². The molecule has 0 radical (unpaired) electrons. The van der Waals surface area contributed by atoms with E-state index >= 15 is 0 Å². The lowest BCUT2D eigenvalue weighted by atomic mass is 10.1. The van der Waals surface area contributed by atoms with Gasteiger partial charge in [0.2, 0.25) is 0 Å². The Labute approximate surface area is 282 Å². The van der Waals surface area contributed by atoms with Crippen molar-refractivity contribution >= 4 is 23.9 Å². The van der Waals surface area contributed by atoms with Crippen LogP contribution in [0.2, 0.25) is 0 Å². The predicted molar refractivity (Wildman–Crippen MR) is 177 cm³/mol. The van der Waals surface area contributed by atoms with E-state index in [1.54, 1.807) is 9.36 Å². The molecule has 260 valence electrons. The lowest BCUT2D eigenvalue weighted by Crippen LogP contribution is -2.37. The van der Waals surface area contributed by atoms with Gasteiger partial charge in [0.25, 0.3) is 0 Å². The average molecular weight is 677 g/mol. The zero-order valence-electron chi connectivity index (χ0n) is 27.4. The second-order valence-corrected chi connectivity index (χ2v) is 11.5. The van der Waals surface area contributed by atoms with E-state index in [0.29, 0.717) is 11.4 Å². The van der Waals surface area contributed by atoms with Crippen LogP contribution in [-0.2, 0) is 50.2 Å². The van der Waals surface area contributed by atoms with Crippen LogP contribution in [0.1, 0.15) is 22.5 Å². The number of ether oxygens (including phenoxy) is 1. The molecule has 0 saturated heterocycles. The number of aliphatic carboxylic acids is 4. The Morgan fingerprint density at radius 3 is 1.22 bits per heavy atom. The van der Waals surface area contributed by atoms with Gasteiger partial charge in [-0.1, -0.05) is 60.7 Å². The number of aromatic nitrogens is 4. The Balaban J connectivity index is 1.58. The number of nitrogens with zero attached hydrogens (tertiary/aromatic N) is 6. The van der Waals surface area contributed by atoms with Crippen molar-refractivity contribution in [2.75, 3.05) is 39.3 Å². The van der Waals surface area contributed by atoms with E-state index in [1.807, 2.05) is 74.5 Å². The molecule has 2 heterocycles. The van der Waals surface area contributed by atoms with Crippen molar-refractivity contribution in [2.24, 2.45) is 0 Å². The van der Waals surface area contributed by atoms with Crippen molar-refractivity contribution in [1.29, 1.82) is 0 Å². The highest BCUT2D eigenvalue weighted by atomic mass is 16.5. The maximum absolute atomic E-state index is 11.3. The number of benzene rings is 2. The van der Waals surface area contributed by atoms with Crippen molar-refractivity contribution in [1.82, 2.24) is 29.4 Å². The van der Waals surface area contributed by atoms with Crippen LogP contribution in [0.25, 0.3) is 22.5 Å². The smallest absolute Gasteiger partial charge is 0.317 e. The molecular formula is C34H40N6O9. The zero-order chi connectivity index (χ0) is 35.5. The Morgan fingerprint density at radius 2 is 0.918 bits per heavy atom. The molecule has 2 aromatic carbocycles. The molecule has 15 heteroatoms. The summed E-state index contributed by atoms with van der Waals surface area (Å²) in [6.07, 6.45) is 0. The van der Waals surface area contributed by atoms with Crippen LogP contribution in [0.15, 0.2) is 60.7 Å². The van der Waals surface area contributed by atoms with E-state index in [0.717, 1.165) is 33.6 Å². The summed E-state index contributed by atoms with van der Waals surface area (Å²) in [6.45, 7) is 3.30. The van der Waals surface area contributed by atoms with Gasteiger partial charge in [0.1, 0.15) is 0 Å². The molecule has 0 aliphatic heterocycles. The van der Waals surface area contributed by atoms with Gasteiger partial charge in [-0.15, -0.1) is 0 Å². The maximum Gasteiger partial charge on any atom is 0.317 e. The van der Waals surface area contributed by atoms with Crippen LogP contribution >= 0.6 is 0 Å². The molecule has 4 aromatic rings. The summed E-state index contributed by atoms with van der Waals surface area (Å²) in [5, 5.41) is 46.6. The molecule has 0 bridgehead atoms. The first-order chi connectivity index (χ1) is 23.4. The van der Waals surface area contributed by atoms with Crippen molar-refractivity contribution in [3.05, 3.63) is 83.2 Å². The minimum Gasteiger partial charge on any atom is -0.480 e. The van der Waals surface area contributed by atoms with Crippen molar-refractivity contribution < 1.29 is 44.3 Å². The molecule has 0 saturated carbocycles. The van der Waals surface area contributed by atoms with E-state index in [2.05, 4.69) is 0 Å². The van der Waals surface area contributed by atoms with Gasteiger partial charge in [0.15, 0.2) is 0 Å². The summed E-state index contributed by atoms with van der Waals surface area (Å²) < 4.78 is 9.81. The number of carboxylic acid groups (broad SMARTS) is 4. The van der Waals surface area contributed by atoms with E-state index in [-0.39, 0.29) is 39.4 Å². The Bertz CT molecular complexity index is 1590. The van der Waals surface area contributed by atoms with Gasteiger partial charge in [-0.05, 0) is 13.8 Å². The summed E-state index contributed by atoms with van der Waals surface area (Å²) in [7, 11) is 0. The van der Waals surface area contributed by atoms with Gasteiger partial charge in [-0.25, -0.2) is 0 Å². The van der Waals surface area contributed by atoms with Gasteiger partial charge < -0.3 is 25.2 Å². The molecule has 15 nitrogen and oxygen atoms in total. The van der Waals surface area contributed by atoms with Crippen LogP contribution in [0.3, 0.4) is 0 Å². The quantitative estimate of drug-likeness (QED) is 0.107. The fraction of sp³-hybridized carbons (Fsp3) is 0.353. The van der Waals surface area contributed by atoms with E-state index < -0.39 is 50.1 Å². The minimum atomic E-state index is -1.12. The molecular weight excluding hydrogens is 636 g/mol. The van der Waals surface area contributed by atoms with Gasteiger partial charge in [0.05, 0.1) is 63.9 Å². The molecule has 0 unspecified atom stereocenters. The van der Waals surface area contributed by atoms with Crippen molar-refractivity contribution in [2.45, 2.75) is 40.2 Å². The number of hydrogen-bond donors (Lipinski definition) is 4. The van der Waals surface area contributed by atoms with Gasteiger partial charge in [-0.3, -0.25) is 38.3 Å². The highest BCUT2D eigenvalue weighted by Gasteiger charge is 2.22. The van der Waals surface area contributed by atoms with Crippen molar-refractivity contribution in [3.63, 3.8) is 0 Å². The van der Waals surface area contributed by atoms with Gasteiger partial charge in [0, 0.05) is 46.7 Å². The topological polar surface area (TPSA) is 201 Å². The Hall–Kier alpha value is -5.38. The highest BCUT2D eigenvalue weighted by Crippen LogP contribution is 2.29. The first-order valence-corrected chi connectivity index (χ1v) is 15.6. The summed E-state index contributed by atoms with van der Waals surface area (Å²) in [4.78, 5) is 47.9. The van der Waals surface area contributed by atoms with Crippen LogP contribution in [0.4, 0.5) is 0 Å². The Kier molecular flexibility index (Phi) is 12.8. The molecule has 0 spiro atoms. The van der Waals surface area contributed by atoms with E-state index in [4.69, 9.17) is 14.9 Å². The third-order valence-electron chi connectivity index (χ3n) is 7.94. The zero-order valence-corrected chi connectivity index (χ0v) is 27.4. The fourth-order valence-corrected chi connectivity index (χ4v) is 5.52. The van der Waals surface area contributed by atoms with Crippen LogP contribution in [0.5, 0.6) is 0 Å². The first kappa shape index (κ1) is 36.5. The van der Waals surface area contributed by atoms with Gasteiger partial charge in [-0.2, -0.15) is 10.2 Å². The molecule has 2 aromatic heterocycles. The first-order valence-electron chi connectivity index (χ1n) is 15.6. The summed E-state index contributed by atoms with van der Waals surface area (Å²) in [6, 6.07) is 19.1. The molecule has 0 atom stereocenters. The number of carboxylic acids is 4. The number of carbonyl (C=O) groups is 4. The third kappa shape index (κ3) is 10.3. The minimum absolute atomic E-state index is 0.158. The SMILES string of the molecule is Cc1c(COCc2c(-c3ccccc3)nn(CCN(CC(=O)O)CC(=O)O)c2C)c(-c2ccccc2)nn1CCN(CC(=O)O)CC(=O)O. The average Bonchev–Trinajstić information content (AvgIpc) is 3.53. The number of hydrogen-bond acceptors (Lipinski definition) is 9. The maximum atomic E-state index is 11.3. The third-order valence-corrected chi connectivity index (χ3v) is 7.94. The molecule has 49 heavy (non-hydrogen) atoms. The second-order valence-electron chi connectivity index (χ2n) is 11.5. The fourth-order valence-electron chi connectivity index (χ4n) is 5.52.